The lowest BCUT2D eigenvalue weighted by Crippen LogP contribution is -2.27. The molecular weight excluding hydrogens is 188 g/mol. The average molecular weight is 210 g/mol. The molecule has 0 saturated heterocycles. The van der Waals surface area contributed by atoms with Crippen molar-refractivity contribution in [3.8, 4) is 0 Å². The number of hydrogen-bond acceptors (Lipinski definition) is 3. The Hall–Kier alpha value is -0.830. The van der Waals surface area contributed by atoms with E-state index in [2.05, 4.69) is 24.1 Å². The van der Waals surface area contributed by atoms with Gasteiger partial charge >= 0.3 is 0 Å². The maximum atomic E-state index is 5.51. The molecule has 3 heteroatoms. The van der Waals surface area contributed by atoms with Crippen LogP contribution in [0.5, 0.6) is 0 Å². The molecule has 1 aromatic heterocycles. The van der Waals surface area contributed by atoms with Gasteiger partial charge in [-0.2, -0.15) is 0 Å². The van der Waals surface area contributed by atoms with Crippen molar-refractivity contribution < 1.29 is 4.42 Å². The number of oxazole rings is 1. The maximum absolute atomic E-state index is 5.51. The third kappa shape index (κ3) is 3.67. The highest BCUT2D eigenvalue weighted by Gasteiger charge is 2.08. The van der Waals surface area contributed by atoms with Gasteiger partial charge in [0.25, 0.3) is 0 Å². The minimum Gasteiger partial charge on any atom is -0.444 e. The average Bonchev–Trinajstić information content (AvgIpc) is 2.53. The Morgan fingerprint density at radius 1 is 1.33 bits per heavy atom. The number of hydrogen-bond donors (Lipinski definition) is 1. The van der Waals surface area contributed by atoms with Gasteiger partial charge in [-0.1, -0.05) is 20.3 Å². The molecule has 1 aromatic rings. The number of nitrogens with zero attached hydrogens (tertiary/aromatic N) is 1. The second kappa shape index (κ2) is 5.91. The van der Waals surface area contributed by atoms with Gasteiger partial charge in [0.2, 0.25) is 5.89 Å². The minimum absolute atomic E-state index is 0.586. The number of rotatable bonds is 6. The first kappa shape index (κ1) is 12.2. The second-order valence-corrected chi connectivity index (χ2v) is 4.02. The van der Waals surface area contributed by atoms with E-state index in [1.165, 1.54) is 12.8 Å². The second-order valence-electron chi connectivity index (χ2n) is 4.02. The largest absolute Gasteiger partial charge is 0.444 e. The number of aromatic nitrogens is 1. The Bertz CT molecular complexity index is 274. The van der Waals surface area contributed by atoms with Crippen LogP contribution >= 0.6 is 0 Å². The van der Waals surface area contributed by atoms with Crippen LogP contribution in [-0.4, -0.2) is 11.0 Å². The van der Waals surface area contributed by atoms with Gasteiger partial charge in [-0.15, -0.1) is 0 Å². The van der Waals surface area contributed by atoms with E-state index < -0.39 is 0 Å². The van der Waals surface area contributed by atoms with Crippen LogP contribution in [0.25, 0.3) is 0 Å². The fourth-order valence-corrected chi connectivity index (χ4v) is 1.65. The van der Waals surface area contributed by atoms with Crippen molar-refractivity contribution in [2.24, 2.45) is 0 Å². The summed E-state index contributed by atoms with van der Waals surface area (Å²) in [5.41, 5.74) is 0.996. The van der Waals surface area contributed by atoms with E-state index in [0.717, 1.165) is 30.3 Å². The van der Waals surface area contributed by atoms with Gasteiger partial charge in [-0.05, 0) is 26.7 Å². The summed E-state index contributed by atoms with van der Waals surface area (Å²) in [6, 6.07) is 0.586. The maximum Gasteiger partial charge on any atom is 0.208 e. The first-order valence-electron chi connectivity index (χ1n) is 5.83. The summed E-state index contributed by atoms with van der Waals surface area (Å²) in [7, 11) is 0. The SMILES string of the molecule is CCCC(CC)NCc1nc(C)c(C)o1. The number of aryl methyl sites for hydroxylation is 2. The van der Waals surface area contributed by atoms with Gasteiger partial charge in [0.1, 0.15) is 5.76 Å². The van der Waals surface area contributed by atoms with Gasteiger partial charge in [0.15, 0.2) is 0 Å². The standard InChI is InChI=1S/C12H22N2O/c1-5-7-11(6-2)13-8-12-14-9(3)10(4)15-12/h11,13H,5-8H2,1-4H3. The first-order valence-corrected chi connectivity index (χ1v) is 5.83. The van der Waals surface area contributed by atoms with Gasteiger partial charge in [0, 0.05) is 6.04 Å². The smallest absolute Gasteiger partial charge is 0.208 e. The third-order valence-corrected chi connectivity index (χ3v) is 2.74. The fraction of sp³-hybridized carbons (Fsp3) is 0.750. The molecule has 3 nitrogen and oxygen atoms in total. The molecule has 0 aliphatic rings. The molecule has 0 aromatic carbocycles. The predicted octanol–water partition coefficient (Wildman–Crippen LogP) is 2.96. The molecule has 0 saturated carbocycles. The zero-order valence-electron chi connectivity index (χ0n) is 10.3. The van der Waals surface area contributed by atoms with Gasteiger partial charge in [0.05, 0.1) is 12.2 Å². The normalized spacial score (nSPS) is 13.1. The molecule has 1 N–H and O–H groups in total. The molecule has 0 aliphatic heterocycles. The lowest BCUT2D eigenvalue weighted by atomic mass is 10.1. The summed E-state index contributed by atoms with van der Waals surface area (Å²) in [6.07, 6.45) is 3.59. The summed E-state index contributed by atoms with van der Waals surface area (Å²) < 4.78 is 5.51. The highest BCUT2D eigenvalue weighted by Crippen LogP contribution is 2.09. The molecule has 0 aliphatic carbocycles. The fourth-order valence-electron chi connectivity index (χ4n) is 1.65. The van der Waals surface area contributed by atoms with Gasteiger partial charge in [-0.3, -0.25) is 0 Å². The molecule has 1 rings (SSSR count). The van der Waals surface area contributed by atoms with E-state index in [9.17, 15) is 0 Å². The molecule has 86 valence electrons. The lowest BCUT2D eigenvalue weighted by Gasteiger charge is -2.14. The van der Waals surface area contributed by atoms with Crippen LogP contribution in [-0.2, 0) is 6.54 Å². The van der Waals surface area contributed by atoms with E-state index in [0.29, 0.717) is 6.04 Å². The topological polar surface area (TPSA) is 38.1 Å². The molecule has 0 amide bonds. The quantitative estimate of drug-likeness (QED) is 0.784. The predicted molar refractivity (Wildman–Crippen MR) is 61.8 cm³/mol. The van der Waals surface area contributed by atoms with Crippen LogP contribution in [0.3, 0.4) is 0 Å². The van der Waals surface area contributed by atoms with Gasteiger partial charge < -0.3 is 9.73 Å². The zero-order valence-corrected chi connectivity index (χ0v) is 10.3. The number of nitrogens with one attached hydrogen (secondary N) is 1. The summed E-state index contributed by atoms with van der Waals surface area (Å²) >= 11 is 0. The summed E-state index contributed by atoms with van der Waals surface area (Å²) in [5.74, 6) is 1.73. The minimum atomic E-state index is 0.586. The van der Waals surface area contributed by atoms with Crippen molar-refractivity contribution in [3.05, 3.63) is 17.3 Å². The Morgan fingerprint density at radius 3 is 2.53 bits per heavy atom. The Labute approximate surface area is 92.3 Å². The van der Waals surface area contributed by atoms with E-state index >= 15 is 0 Å². The van der Waals surface area contributed by atoms with Crippen molar-refractivity contribution in [2.75, 3.05) is 0 Å². The van der Waals surface area contributed by atoms with Crippen molar-refractivity contribution in [1.82, 2.24) is 10.3 Å². The lowest BCUT2D eigenvalue weighted by molar-refractivity contribution is 0.402. The molecule has 1 unspecified atom stereocenters. The van der Waals surface area contributed by atoms with Crippen LogP contribution in [0.2, 0.25) is 0 Å². The van der Waals surface area contributed by atoms with Crippen molar-refractivity contribution in [1.29, 1.82) is 0 Å². The Balaban J connectivity index is 2.41. The molecule has 1 atom stereocenters. The van der Waals surface area contributed by atoms with Crippen LogP contribution in [0.15, 0.2) is 4.42 Å². The highest BCUT2D eigenvalue weighted by atomic mass is 16.4. The summed E-state index contributed by atoms with van der Waals surface area (Å²) in [6.45, 7) is 9.09. The summed E-state index contributed by atoms with van der Waals surface area (Å²) in [4.78, 5) is 4.35. The first-order chi connectivity index (χ1) is 7.17. The third-order valence-electron chi connectivity index (χ3n) is 2.74. The molecular formula is C12H22N2O. The van der Waals surface area contributed by atoms with Crippen molar-refractivity contribution in [3.63, 3.8) is 0 Å². The molecule has 1 heterocycles. The summed E-state index contributed by atoms with van der Waals surface area (Å²) in [5, 5.41) is 3.47. The van der Waals surface area contributed by atoms with Crippen molar-refractivity contribution >= 4 is 0 Å². The van der Waals surface area contributed by atoms with E-state index in [1.54, 1.807) is 0 Å². The molecule has 0 radical (unpaired) electrons. The van der Waals surface area contributed by atoms with Gasteiger partial charge in [-0.25, -0.2) is 4.98 Å². The molecule has 15 heavy (non-hydrogen) atoms. The molecule has 0 spiro atoms. The van der Waals surface area contributed by atoms with E-state index in [4.69, 9.17) is 4.42 Å². The Kier molecular flexibility index (Phi) is 4.82. The molecule has 0 bridgehead atoms. The highest BCUT2D eigenvalue weighted by molar-refractivity contribution is 5.05. The molecule has 0 fully saturated rings. The van der Waals surface area contributed by atoms with Crippen LogP contribution < -0.4 is 5.32 Å². The van der Waals surface area contributed by atoms with Crippen LogP contribution in [0.4, 0.5) is 0 Å². The van der Waals surface area contributed by atoms with Crippen LogP contribution in [0.1, 0.15) is 50.5 Å². The van der Waals surface area contributed by atoms with Crippen LogP contribution in [0, 0.1) is 13.8 Å². The monoisotopic (exact) mass is 210 g/mol. The Morgan fingerprint density at radius 2 is 2.07 bits per heavy atom. The zero-order chi connectivity index (χ0) is 11.3. The van der Waals surface area contributed by atoms with Crippen molar-refractivity contribution in [2.45, 2.75) is 59.5 Å². The van der Waals surface area contributed by atoms with E-state index in [-0.39, 0.29) is 0 Å². The van der Waals surface area contributed by atoms with E-state index in [1.807, 2.05) is 13.8 Å².